The number of hydrogen-bond acceptors (Lipinski definition) is 2. The summed E-state index contributed by atoms with van der Waals surface area (Å²) in [5, 5.41) is 0. The van der Waals surface area contributed by atoms with Gasteiger partial charge in [0.25, 0.3) is 0 Å². The highest BCUT2D eigenvalue weighted by atomic mass is 127. The van der Waals surface area contributed by atoms with E-state index < -0.39 is 0 Å². The Morgan fingerprint density at radius 2 is 1.83 bits per heavy atom. The number of halogens is 1. The van der Waals surface area contributed by atoms with Crippen molar-refractivity contribution in [1.82, 2.24) is 0 Å². The van der Waals surface area contributed by atoms with E-state index in [0.717, 1.165) is 11.6 Å². The second-order valence-corrected chi connectivity index (χ2v) is 7.50. The van der Waals surface area contributed by atoms with Gasteiger partial charge in [0, 0.05) is 22.3 Å². The number of anilines is 2. The predicted molar refractivity (Wildman–Crippen MR) is 88.0 cm³/mol. The van der Waals surface area contributed by atoms with Crippen LogP contribution in [0, 0.1) is 14.9 Å². The average Bonchev–Trinajstić information content (AvgIpc) is 2.28. The summed E-state index contributed by atoms with van der Waals surface area (Å²) in [5.41, 5.74) is 8.46. The van der Waals surface area contributed by atoms with E-state index in [1.807, 2.05) is 6.07 Å². The molecule has 0 unspecified atom stereocenters. The highest BCUT2D eigenvalue weighted by Gasteiger charge is 2.29. The Hall–Kier alpha value is -0.450. The molecule has 1 aliphatic rings. The average molecular weight is 358 g/mol. The van der Waals surface area contributed by atoms with Gasteiger partial charge < -0.3 is 10.6 Å². The molecule has 0 aromatic heterocycles. The van der Waals surface area contributed by atoms with Gasteiger partial charge in [-0.05, 0) is 65.0 Å². The Labute approximate surface area is 124 Å². The fraction of sp³-hybridized carbons (Fsp3) is 0.600. The summed E-state index contributed by atoms with van der Waals surface area (Å²) in [7, 11) is 0. The highest BCUT2D eigenvalue weighted by Crippen LogP contribution is 2.36. The Balaban J connectivity index is 2.06. The minimum atomic E-state index is 0.445. The zero-order chi connectivity index (χ0) is 13.3. The maximum Gasteiger partial charge on any atom is 0.0503 e. The molecule has 2 rings (SSSR count). The van der Waals surface area contributed by atoms with Crippen LogP contribution >= 0.6 is 22.6 Å². The van der Waals surface area contributed by atoms with Gasteiger partial charge in [-0.2, -0.15) is 0 Å². The van der Waals surface area contributed by atoms with Crippen molar-refractivity contribution in [3.63, 3.8) is 0 Å². The molecule has 1 aliphatic heterocycles. The minimum Gasteiger partial charge on any atom is -0.399 e. The Morgan fingerprint density at radius 3 is 2.33 bits per heavy atom. The molecule has 18 heavy (non-hydrogen) atoms. The zero-order valence-corrected chi connectivity index (χ0v) is 13.7. The summed E-state index contributed by atoms with van der Waals surface area (Å²) in [6.07, 6.45) is 2.59. The molecule has 0 radical (unpaired) electrons. The third-order valence-electron chi connectivity index (χ3n) is 4.03. The van der Waals surface area contributed by atoms with E-state index in [9.17, 15) is 0 Å². The summed E-state index contributed by atoms with van der Waals surface area (Å²) in [5.74, 6) is 0.847. The van der Waals surface area contributed by atoms with Crippen molar-refractivity contribution in [1.29, 1.82) is 0 Å². The van der Waals surface area contributed by atoms with Crippen LogP contribution in [-0.4, -0.2) is 13.1 Å². The molecular formula is C15H23IN2. The lowest BCUT2D eigenvalue weighted by Crippen LogP contribution is -2.38. The molecule has 100 valence electrons. The van der Waals surface area contributed by atoms with Crippen LogP contribution in [0.5, 0.6) is 0 Å². The molecule has 0 atom stereocenters. The van der Waals surface area contributed by atoms with Crippen LogP contribution in [0.25, 0.3) is 0 Å². The number of rotatable bonds is 1. The number of benzene rings is 1. The standard InChI is InChI=1S/C15H23IN2/c1-15(2,3)11-6-8-18(9-7-11)14-5-4-12(17)10-13(14)16/h4-5,10-11H,6-9,17H2,1-3H3. The van der Waals surface area contributed by atoms with Gasteiger partial charge in [0.05, 0.1) is 5.69 Å². The van der Waals surface area contributed by atoms with Crippen molar-refractivity contribution < 1.29 is 0 Å². The number of nitrogen functional groups attached to an aromatic ring is 1. The second-order valence-electron chi connectivity index (χ2n) is 6.34. The highest BCUT2D eigenvalue weighted by molar-refractivity contribution is 14.1. The van der Waals surface area contributed by atoms with Crippen molar-refractivity contribution in [3.8, 4) is 0 Å². The molecule has 1 aromatic carbocycles. The number of hydrogen-bond donors (Lipinski definition) is 1. The monoisotopic (exact) mass is 358 g/mol. The van der Waals surface area contributed by atoms with E-state index in [2.05, 4.69) is 60.4 Å². The van der Waals surface area contributed by atoms with Gasteiger partial charge in [0.1, 0.15) is 0 Å². The molecule has 0 amide bonds. The van der Waals surface area contributed by atoms with Gasteiger partial charge in [0.15, 0.2) is 0 Å². The molecule has 1 saturated heterocycles. The van der Waals surface area contributed by atoms with Crippen molar-refractivity contribution in [3.05, 3.63) is 21.8 Å². The molecule has 0 spiro atoms. The Bertz CT molecular complexity index is 415. The molecule has 1 heterocycles. The predicted octanol–water partition coefficient (Wildman–Crippen LogP) is 4.14. The lowest BCUT2D eigenvalue weighted by Gasteiger charge is -2.40. The van der Waals surface area contributed by atoms with Gasteiger partial charge in [-0.1, -0.05) is 20.8 Å². The van der Waals surface area contributed by atoms with Gasteiger partial charge >= 0.3 is 0 Å². The van der Waals surface area contributed by atoms with Gasteiger partial charge in [-0.3, -0.25) is 0 Å². The number of piperidine rings is 1. The Morgan fingerprint density at radius 1 is 1.22 bits per heavy atom. The van der Waals surface area contributed by atoms with Crippen molar-refractivity contribution >= 4 is 34.0 Å². The molecule has 2 N–H and O–H groups in total. The summed E-state index contributed by atoms with van der Waals surface area (Å²) in [6.45, 7) is 9.42. The van der Waals surface area contributed by atoms with Crippen LogP contribution in [0.3, 0.4) is 0 Å². The molecule has 0 aliphatic carbocycles. The summed E-state index contributed by atoms with van der Waals surface area (Å²) < 4.78 is 1.27. The molecule has 2 nitrogen and oxygen atoms in total. The van der Waals surface area contributed by atoms with Crippen LogP contribution < -0.4 is 10.6 Å². The second kappa shape index (κ2) is 5.27. The topological polar surface area (TPSA) is 29.3 Å². The van der Waals surface area contributed by atoms with Gasteiger partial charge in [-0.15, -0.1) is 0 Å². The molecule has 1 aromatic rings. The van der Waals surface area contributed by atoms with E-state index in [1.165, 1.54) is 35.2 Å². The maximum atomic E-state index is 5.81. The van der Waals surface area contributed by atoms with E-state index in [-0.39, 0.29) is 0 Å². The third kappa shape index (κ3) is 3.11. The normalized spacial score (nSPS) is 18.1. The quantitative estimate of drug-likeness (QED) is 0.604. The minimum absolute atomic E-state index is 0.445. The van der Waals surface area contributed by atoms with Crippen LogP contribution in [-0.2, 0) is 0 Å². The maximum absolute atomic E-state index is 5.81. The van der Waals surface area contributed by atoms with E-state index >= 15 is 0 Å². The van der Waals surface area contributed by atoms with E-state index in [1.54, 1.807) is 0 Å². The molecule has 0 saturated carbocycles. The largest absolute Gasteiger partial charge is 0.399 e. The van der Waals surface area contributed by atoms with Crippen molar-refractivity contribution in [2.45, 2.75) is 33.6 Å². The SMILES string of the molecule is CC(C)(C)C1CCN(c2ccc(N)cc2I)CC1. The fourth-order valence-electron chi connectivity index (χ4n) is 2.77. The first-order valence-corrected chi connectivity index (χ1v) is 7.76. The van der Waals surface area contributed by atoms with Gasteiger partial charge in [-0.25, -0.2) is 0 Å². The van der Waals surface area contributed by atoms with Crippen LogP contribution in [0.1, 0.15) is 33.6 Å². The lowest BCUT2D eigenvalue weighted by atomic mass is 9.75. The first-order chi connectivity index (χ1) is 8.38. The fourth-order valence-corrected chi connectivity index (χ4v) is 3.65. The van der Waals surface area contributed by atoms with Crippen molar-refractivity contribution in [2.75, 3.05) is 23.7 Å². The van der Waals surface area contributed by atoms with E-state index in [4.69, 9.17) is 5.73 Å². The van der Waals surface area contributed by atoms with Crippen LogP contribution in [0.4, 0.5) is 11.4 Å². The summed E-state index contributed by atoms with van der Waals surface area (Å²) in [6, 6.07) is 6.23. The Kier molecular flexibility index (Phi) is 4.09. The first kappa shape index (κ1) is 14.0. The summed E-state index contributed by atoms with van der Waals surface area (Å²) >= 11 is 2.39. The first-order valence-electron chi connectivity index (χ1n) is 6.68. The van der Waals surface area contributed by atoms with Crippen LogP contribution in [0.2, 0.25) is 0 Å². The zero-order valence-electron chi connectivity index (χ0n) is 11.5. The summed E-state index contributed by atoms with van der Waals surface area (Å²) in [4.78, 5) is 2.50. The third-order valence-corrected chi connectivity index (χ3v) is 4.90. The number of nitrogens with zero attached hydrogens (tertiary/aromatic N) is 1. The molecule has 1 fully saturated rings. The smallest absolute Gasteiger partial charge is 0.0503 e. The molecule has 0 bridgehead atoms. The van der Waals surface area contributed by atoms with Gasteiger partial charge in [0.2, 0.25) is 0 Å². The van der Waals surface area contributed by atoms with E-state index in [0.29, 0.717) is 5.41 Å². The van der Waals surface area contributed by atoms with Crippen molar-refractivity contribution in [2.24, 2.45) is 11.3 Å². The lowest BCUT2D eigenvalue weighted by molar-refractivity contribution is 0.199. The number of nitrogens with two attached hydrogens (primary N) is 1. The molecule has 3 heteroatoms. The molecular weight excluding hydrogens is 335 g/mol. The van der Waals surface area contributed by atoms with Crippen LogP contribution in [0.15, 0.2) is 18.2 Å².